The summed E-state index contributed by atoms with van der Waals surface area (Å²) in [6, 6.07) is 2.05. The summed E-state index contributed by atoms with van der Waals surface area (Å²) in [5.41, 5.74) is 1.38. The van der Waals surface area contributed by atoms with Gasteiger partial charge < -0.3 is 5.32 Å². The molecule has 0 spiro atoms. The lowest BCUT2D eigenvalue weighted by Gasteiger charge is -2.08. The van der Waals surface area contributed by atoms with Gasteiger partial charge in [-0.25, -0.2) is 0 Å². The monoisotopic (exact) mass is 221 g/mol. The van der Waals surface area contributed by atoms with Crippen LogP contribution in [-0.4, -0.2) is 12.5 Å². The Morgan fingerprint density at radius 2 is 2.33 bits per heavy atom. The molecule has 1 aromatic rings. The number of hydrogen-bond acceptors (Lipinski definition) is 2. The Balaban J connectivity index is 2.11. The minimum Gasteiger partial charge on any atom is -0.348 e. The second-order valence-electron chi connectivity index (χ2n) is 3.76. The minimum atomic E-state index is 0.0364. The van der Waals surface area contributed by atoms with Gasteiger partial charge in [-0.3, -0.25) is 4.79 Å². The highest BCUT2D eigenvalue weighted by atomic mass is 32.1. The van der Waals surface area contributed by atoms with Gasteiger partial charge in [-0.1, -0.05) is 6.08 Å². The van der Waals surface area contributed by atoms with Gasteiger partial charge >= 0.3 is 0 Å². The Hall–Kier alpha value is -1.09. The molecule has 1 aliphatic carbocycles. The fourth-order valence-corrected chi connectivity index (χ4v) is 3.02. The summed E-state index contributed by atoms with van der Waals surface area (Å²) in [4.78, 5) is 13.9. The van der Waals surface area contributed by atoms with Gasteiger partial charge in [0.25, 0.3) is 5.91 Å². The van der Waals surface area contributed by atoms with Gasteiger partial charge in [0.15, 0.2) is 0 Å². The molecule has 15 heavy (non-hydrogen) atoms. The Bertz CT molecular complexity index is 357. The molecular formula is C12H15NOS. The molecule has 1 aromatic heterocycles. The molecule has 2 rings (SSSR count). The van der Waals surface area contributed by atoms with Crippen LogP contribution in [0.3, 0.4) is 0 Å². The van der Waals surface area contributed by atoms with Gasteiger partial charge in [-0.2, -0.15) is 0 Å². The maximum Gasteiger partial charge on any atom is 0.261 e. The van der Waals surface area contributed by atoms with Crippen LogP contribution in [0, 0.1) is 0 Å². The van der Waals surface area contributed by atoms with E-state index in [0.717, 1.165) is 17.7 Å². The van der Waals surface area contributed by atoms with Crippen molar-refractivity contribution < 1.29 is 4.79 Å². The summed E-state index contributed by atoms with van der Waals surface area (Å²) >= 11 is 1.65. The van der Waals surface area contributed by atoms with Crippen LogP contribution in [0.5, 0.6) is 0 Å². The average molecular weight is 221 g/mol. The zero-order chi connectivity index (χ0) is 10.7. The summed E-state index contributed by atoms with van der Waals surface area (Å²) in [6.45, 7) is 4.12. The van der Waals surface area contributed by atoms with E-state index in [9.17, 15) is 4.79 Å². The van der Waals surface area contributed by atoms with Crippen LogP contribution in [-0.2, 0) is 12.8 Å². The normalized spacial score (nSPS) is 14.4. The van der Waals surface area contributed by atoms with Gasteiger partial charge in [-0.05, 0) is 37.3 Å². The molecule has 2 nitrogen and oxygen atoms in total. The number of thiophene rings is 1. The molecule has 1 amide bonds. The third kappa shape index (κ3) is 2.29. The van der Waals surface area contributed by atoms with Crippen molar-refractivity contribution in [1.29, 1.82) is 0 Å². The van der Waals surface area contributed by atoms with E-state index < -0.39 is 0 Å². The van der Waals surface area contributed by atoms with Gasteiger partial charge in [-0.15, -0.1) is 17.9 Å². The van der Waals surface area contributed by atoms with Crippen molar-refractivity contribution in [1.82, 2.24) is 5.32 Å². The Labute approximate surface area is 94.0 Å². The molecule has 0 unspecified atom stereocenters. The highest BCUT2D eigenvalue weighted by molar-refractivity contribution is 7.14. The minimum absolute atomic E-state index is 0.0364. The predicted molar refractivity (Wildman–Crippen MR) is 63.5 cm³/mol. The molecule has 0 radical (unpaired) electrons. The number of carbonyl (C=O) groups excluding carboxylic acids is 1. The van der Waals surface area contributed by atoms with Crippen molar-refractivity contribution in [2.45, 2.75) is 25.7 Å². The van der Waals surface area contributed by atoms with Gasteiger partial charge in [0.05, 0.1) is 4.88 Å². The zero-order valence-corrected chi connectivity index (χ0v) is 9.53. The quantitative estimate of drug-likeness (QED) is 0.781. The van der Waals surface area contributed by atoms with Crippen molar-refractivity contribution in [2.75, 3.05) is 6.54 Å². The van der Waals surface area contributed by atoms with E-state index in [4.69, 9.17) is 0 Å². The third-order valence-electron chi connectivity index (χ3n) is 2.63. The summed E-state index contributed by atoms with van der Waals surface area (Å²) in [6.07, 6.45) is 6.51. The Morgan fingerprint density at radius 3 is 3.07 bits per heavy atom. The first-order valence-electron chi connectivity index (χ1n) is 5.32. The van der Waals surface area contributed by atoms with Crippen LogP contribution >= 0.6 is 11.3 Å². The molecule has 3 heteroatoms. The van der Waals surface area contributed by atoms with E-state index >= 15 is 0 Å². The van der Waals surface area contributed by atoms with Gasteiger partial charge in [0, 0.05) is 11.4 Å². The Morgan fingerprint density at radius 1 is 1.53 bits per heavy atom. The number of amides is 1. The van der Waals surface area contributed by atoms with E-state index in [1.54, 1.807) is 17.4 Å². The first kappa shape index (κ1) is 10.4. The molecule has 0 saturated heterocycles. The lowest BCUT2D eigenvalue weighted by atomic mass is 9.99. The lowest BCUT2D eigenvalue weighted by Crippen LogP contribution is -2.22. The summed E-state index contributed by atoms with van der Waals surface area (Å²) < 4.78 is 0. The molecule has 0 bridgehead atoms. The second kappa shape index (κ2) is 4.62. The number of fused-ring (bicyclic) bond motifs is 1. The topological polar surface area (TPSA) is 29.1 Å². The van der Waals surface area contributed by atoms with Crippen LogP contribution in [0.15, 0.2) is 18.7 Å². The average Bonchev–Trinajstić information content (AvgIpc) is 2.69. The molecule has 1 aliphatic rings. The van der Waals surface area contributed by atoms with Crippen LogP contribution < -0.4 is 5.32 Å². The Kier molecular flexibility index (Phi) is 3.21. The molecule has 0 saturated carbocycles. The molecule has 0 fully saturated rings. The van der Waals surface area contributed by atoms with Gasteiger partial charge in [0.2, 0.25) is 0 Å². The first-order valence-corrected chi connectivity index (χ1v) is 6.13. The first-order chi connectivity index (χ1) is 7.31. The van der Waals surface area contributed by atoms with Crippen molar-refractivity contribution in [3.8, 4) is 0 Å². The zero-order valence-electron chi connectivity index (χ0n) is 8.71. The summed E-state index contributed by atoms with van der Waals surface area (Å²) in [7, 11) is 0. The number of aryl methyl sites for hydroxylation is 2. The van der Waals surface area contributed by atoms with E-state index in [-0.39, 0.29) is 5.91 Å². The standard InChI is InChI=1S/C12H15NOS/c1-2-7-13-12(14)11-8-9-5-3-4-6-10(9)15-11/h2,8H,1,3-7H2,(H,13,14). The highest BCUT2D eigenvalue weighted by Gasteiger charge is 2.16. The fraction of sp³-hybridized carbons (Fsp3) is 0.417. The summed E-state index contributed by atoms with van der Waals surface area (Å²) in [5, 5.41) is 2.81. The molecule has 0 aromatic carbocycles. The molecule has 1 heterocycles. The maximum atomic E-state index is 11.7. The van der Waals surface area contributed by atoms with Crippen molar-refractivity contribution in [3.05, 3.63) is 34.0 Å². The van der Waals surface area contributed by atoms with Crippen LogP contribution in [0.2, 0.25) is 0 Å². The van der Waals surface area contributed by atoms with Crippen molar-refractivity contribution >= 4 is 17.2 Å². The molecule has 0 atom stereocenters. The van der Waals surface area contributed by atoms with E-state index in [1.807, 2.05) is 0 Å². The van der Waals surface area contributed by atoms with E-state index in [0.29, 0.717) is 6.54 Å². The van der Waals surface area contributed by atoms with Crippen LogP contribution in [0.25, 0.3) is 0 Å². The van der Waals surface area contributed by atoms with Crippen molar-refractivity contribution in [3.63, 3.8) is 0 Å². The molecular weight excluding hydrogens is 206 g/mol. The number of nitrogens with one attached hydrogen (secondary N) is 1. The lowest BCUT2D eigenvalue weighted by molar-refractivity contribution is 0.0962. The maximum absolute atomic E-state index is 11.7. The number of rotatable bonds is 3. The summed E-state index contributed by atoms with van der Waals surface area (Å²) in [5.74, 6) is 0.0364. The van der Waals surface area contributed by atoms with Gasteiger partial charge in [0.1, 0.15) is 0 Å². The van der Waals surface area contributed by atoms with Crippen LogP contribution in [0.1, 0.15) is 33.0 Å². The highest BCUT2D eigenvalue weighted by Crippen LogP contribution is 2.29. The molecule has 0 aliphatic heterocycles. The smallest absolute Gasteiger partial charge is 0.261 e. The van der Waals surface area contributed by atoms with E-state index in [2.05, 4.69) is 18.0 Å². The number of hydrogen-bond donors (Lipinski definition) is 1. The molecule has 1 N–H and O–H groups in total. The van der Waals surface area contributed by atoms with Crippen LogP contribution in [0.4, 0.5) is 0 Å². The second-order valence-corrected chi connectivity index (χ2v) is 4.90. The fourth-order valence-electron chi connectivity index (χ4n) is 1.85. The largest absolute Gasteiger partial charge is 0.348 e. The predicted octanol–water partition coefficient (Wildman–Crippen LogP) is 2.54. The van der Waals surface area contributed by atoms with Crippen molar-refractivity contribution in [2.24, 2.45) is 0 Å². The molecule has 80 valence electrons. The SMILES string of the molecule is C=CCNC(=O)c1cc2c(s1)CCCC2. The third-order valence-corrected chi connectivity index (χ3v) is 3.86. The van der Waals surface area contributed by atoms with E-state index in [1.165, 1.54) is 23.3 Å². The number of carbonyl (C=O) groups is 1.